The van der Waals surface area contributed by atoms with Crippen LogP contribution in [0.15, 0.2) is 30.3 Å². The van der Waals surface area contributed by atoms with E-state index in [1.54, 1.807) is 0 Å². The van der Waals surface area contributed by atoms with Crippen molar-refractivity contribution in [2.45, 2.75) is 32.8 Å². The van der Waals surface area contributed by atoms with Gasteiger partial charge in [0.15, 0.2) is 0 Å². The first kappa shape index (κ1) is 14.4. The number of aliphatic hydroxyl groups is 1. The third-order valence-electron chi connectivity index (χ3n) is 4.24. The molecule has 21 heavy (non-hydrogen) atoms. The summed E-state index contributed by atoms with van der Waals surface area (Å²) < 4.78 is 5.71. The van der Waals surface area contributed by atoms with Crippen molar-refractivity contribution in [3.63, 3.8) is 0 Å². The summed E-state index contributed by atoms with van der Waals surface area (Å²) in [6.07, 6.45) is 0.868. The molecule has 1 atom stereocenters. The molecule has 1 aliphatic heterocycles. The Morgan fingerprint density at radius 2 is 2.10 bits per heavy atom. The maximum Gasteiger partial charge on any atom is 0.126 e. The number of aliphatic hydroxyl groups excluding tert-OH is 1. The minimum atomic E-state index is -0.545. The summed E-state index contributed by atoms with van der Waals surface area (Å²) in [5, 5.41) is 11.3. The fourth-order valence-electron chi connectivity index (χ4n) is 2.95. The van der Waals surface area contributed by atoms with Gasteiger partial charge in [-0.3, -0.25) is 0 Å². The third kappa shape index (κ3) is 2.78. The van der Waals surface area contributed by atoms with Gasteiger partial charge in [0, 0.05) is 17.9 Å². The van der Waals surface area contributed by atoms with Crippen LogP contribution >= 0.6 is 11.6 Å². The van der Waals surface area contributed by atoms with Crippen molar-refractivity contribution < 1.29 is 9.84 Å². The molecule has 0 radical (unpaired) electrons. The summed E-state index contributed by atoms with van der Waals surface area (Å²) in [7, 11) is 0. The largest absolute Gasteiger partial charge is 0.493 e. The summed E-state index contributed by atoms with van der Waals surface area (Å²) >= 11 is 6.18. The zero-order valence-corrected chi connectivity index (χ0v) is 13.1. The molecule has 2 aromatic rings. The average molecular weight is 303 g/mol. The van der Waals surface area contributed by atoms with Gasteiger partial charge >= 0.3 is 0 Å². The minimum Gasteiger partial charge on any atom is -0.493 e. The van der Waals surface area contributed by atoms with Crippen LogP contribution in [-0.4, -0.2) is 11.7 Å². The van der Waals surface area contributed by atoms with Crippen molar-refractivity contribution in [3.8, 4) is 5.75 Å². The van der Waals surface area contributed by atoms with Crippen LogP contribution in [-0.2, 0) is 12.8 Å². The number of hydrogen-bond acceptors (Lipinski definition) is 2. The van der Waals surface area contributed by atoms with Gasteiger partial charge < -0.3 is 9.84 Å². The molecule has 0 saturated heterocycles. The molecule has 0 bridgehead atoms. The predicted molar refractivity (Wildman–Crippen MR) is 85.2 cm³/mol. The predicted octanol–water partition coefficient (Wildman–Crippen LogP) is 4.17. The lowest BCUT2D eigenvalue weighted by Gasteiger charge is -2.17. The Kier molecular flexibility index (Phi) is 3.92. The average Bonchev–Trinajstić information content (AvgIpc) is 2.90. The van der Waals surface area contributed by atoms with E-state index in [0.29, 0.717) is 18.1 Å². The molecule has 1 heterocycles. The molecule has 0 fully saturated rings. The number of ether oxygens (including phenoxy) is 1. The second kappa shape index (κ2) is 5.70. The lowest BCUT2D eigenvalue weighted by Crippen LogP contribution is -2.06. The first-order chi connectivity index (χ1) is 10.1. The quantitative estimate of drug-likeness (QED) is 0.922. The summed E-state index contributed by atoms with van der Waals surface area (Å²) in [6.45, 7) is 4.81. The van der Waals surface area contributed by atoms with Crippen LogP contribution in [0.3, 0.4) is 0 Å². The maximum atomic E-state index is 10.6. The highest BCUT2D eigenvalue weighted by molar-refractivity contribution is 6.30. The Labute approximate surface area is 130 Å². The topological polar surface area (TPSA) is 29.5 Å². The second-order valence-electron chi connectivity index (χ2n) is 5.66. The van der Waals surface area contributed by atoms with Crippen molar-refractivity contribution in [3.05, 3.63) is 63.2 Å². The van der Waals surface area contributed by atoms with Crippen LogP contribution in [0.5, 0.6) is 5.75 Å². The van der Waals surface area contributed by atoms with Crippen molar-refractivity contribution in [2.75, 3.05) is 6.61 Å². The van der Waals surface area contributed by atoms with E-state index in [0.717, 1.165) is 34.4 Å². The van der Waals surface area contributed by atoms with E-state index < -0.39 is 6.10 Å². The SMILES string of the molecule is Cc1cccc(C(O)Cc2cc(Cl)cc3c2OCC3)c1C. The molecule has 0 amide bonds. The summed E-state index contributed by atoms with van der Waals surface area (Å²) in [5.74, 6) is 0.906. The Morgan fingerprint density at radius 3 is 2.90 bits per heavy atom. The van der Waals surface area contributed by atoms with Gasteiger partial charge in [-0.15, -0.1) is 0 Å². The van der Waals surface area contributed by atoms with E-state index in [2.05, 4.69) is 13.0 Å². The van der Waals surface area contributed by atoms with Gasteiger partial charge in [0.25, 0.3) is 0 Å². The lowest BCUT2D eigenvalue weighted by molar-refractivity contribution is 0.176. The minimum absolute atomic E-state index is 0.521. The van der Waals surface area contributed by atoms with E-state index in [4.69, 9.17) is 16.3 Å². The maximum absolute atomic E-state index is 10.6. The van der Waals surface area contributed by atoms with E-state index in [1.165, 1.54) is 5.56 Å². The first-order valence-electron chi connectivity index (χ1n) is 7.24. The zero-order chi connectivity index (χ0) is 15.0. The van der Waals surface area contributed by atoms with E-state index in [-0.39, 0.29) is 0 Å². The lowest BCUT2D eigenvalue weighted by atomic mass is 9.94. The Bertz CT molecular complexity index is 679. The van der Waals surface area contributed by atoms with E-state index in [9.17, 15) is 5.11 Å². The normalized spacial score (nSPS) is 14.7. The summed E-state index contributed by atoms with van der Waals surface area (Å²) in [5.41, 5.74) is 5.44. The van der Waals surface area contributed by atoms with E-state index in [1.807, 2.05) is 31.2 Å². The fourth-order valence-corrected chi connectivity index (χ4v) is 3.21. The molecule has 1 aliphatic rings. The van der Waals surface area contributed by atoms with Gasteiger partial charge in [0.05, 0.1) is 12.7 Å². The number of benzene rings is 2. The second-order valence-corrected chi connectivity index (χ2v) is 6.10. The van der Waals surface area contributed by atoms with Crippen molar-refractivity contribution in [1.82, 2.24) is 0 Å². The molecule has 0 aromatic heterocycles. The van der Waals surface area contributed by atoms with Gasteiger partial charge in [0.2, 0.25) is 0 Å². The van der Waals surface area contributed by atoms with Crippen LogP contribution < -0.4 is 4.74 Å². The molecular formula is C18H19ClO2. The molecule has 0 saturated carbocycles. The summed E-state index contributed by atoms with van der Waals surface area (Å²) in [4.78, 5) is 0. The number of halogens is 1. The first-order valence-corrected chi connectivity index (χ1v) is 7.62. The molecule has 110 valence electrons. The zero-order valence-electron chi connectivity index (χ0n) is 12.3. The standard InChI is InChI=1S/C18H19ClO2/c1-11-4-3-5-16(12(11)2)17(20)10-14-9-15(19)8-13-6-7-21-18(13)14/h3-5,8-9,17,20H,6-7,10H2,1-2H3. The van der Waals surface area contributed by atoms with E-state index >= 15 is 0 Å². The molecule has 3 rings (SSSR count). The highest BCUT2D eigenvalue weighted by Crippen LogP contribution is 2.35. The molecule has 0 spiro atoms. The molecule has 2 aromatic carbocycles. The van der Waals surface area contributed by atoms with Crippen LogP contribution in [0.1, 0.15) is 33.9 Å². The summed E-state index contributed by atoms with van der Waals surface area (Å²) in [6, 6.07) is 9.89. The fraction of sp³-hybridized carbons (Fsp3) is 0.333. The van der Waals surface area contributed by atoms with Gasteiger partial charge in [-0.1, -0.05) is 29.8 Å². The molecular weight excluding hydrogens is 284 g/mol. The molecule has 0 aliphatic carbocycles. The van der Waals surface area contributed by atoms with Gasteiger partial charge in [-0.2, -0.15) is 0 Å². The molecule has 3 heteroatoms. The van der Waals surface area contributed by atoms with Gasteiger partial charge in [-0.05, 0) is 53.8 Å². The van der Waals surface area contributed by atoms with Crippen molar-refractivity contribution in [2.24, 2.45) is 0 Å². The van der Waals surface area contributed by atoms with Gasteiger partial charge in [-0.25, -0.2) is 0 Å². The smallest absolute Gasteiger partial charge is 0.126 e. The van der Waals surface area contributed by atoms with Crippen LogP contribution in [0, 0.1) is 13.8 Å². The Morgan fingerprint density at radius 1 is 1.29 bits per heavy atom. The number of fused-ring (bicyclic) bond motifs is 1. The Balaban J connectivity index is 1.92. The molecule has 1 N–H and O–H groups in total. The third-order valence-corrected chi connectivity index (χ3v) is 4.46. The van der Waals surface area contributed by atoms with Crippen molar-refractivity contribution in [1.29, 1.82) is 0 Å². The number of aryl methyl sites for hydroxylation is 1. The number of rotatable bonds is 3. The Hall–Kier alpha value is -1.51. The van der Waals surface area contributed by atoms with Gasteiger partial charge in [0.1, 0.15) is 5.75 Å². The highest BCUT2D eigenvalue weighted by atomic mass is 35.5. The van der Waals surface area contributed by atoms with Crippen molar-refractivity contribution >= 4 is 11.6 Å². The molecule has 2 nitrogen and oxygen atoms in total. The van der Waals surface area contributed by atoms with Crippen LogP contribution in [0.4, 0.5) is 0 Å². The van der Waals surface area contributed by atoms with Crippen LogP contribution in [0.2, 0.25) is 5.02 Å². The van der Waals surface area contributed by atoms with Crippen LogP contribution in [0.25, 0.3) is 0 Å². The number of hydrogen-bond donors (Lipinski definition) is 1. The highest BCUT2D eigenvalue weighted by Gasteiger charge is 2.21. The monoisotopic (exact) mass is 302 g/mol. The molecule has 1 unspecified atom stereocenters.